The zero-order chi connectivity index (χ0) is 17.8. The normalized spacial score (nSPS) is 10.7. The van der Waals surface area contributed by atoms with Gasteiger partial charge in [0.1, 0.15) is 5.82 Å². The van der Waals surface area contributed by atoms with E-state index in [-0.39, 0.29) is 5.56 Å². The van der Waals surface area contributed by atoms with Crippen LogP contribution in [0.2, 0.25) is 0 Å². The average Bonchev–Trinajstić information content (AvgIpc) is 3.24. The van der Waals surface area contributed by atoms with Crippen LogP contribution in [0.15, 0.2) is 40.1 Å². The van der Waals surface area contributed by atoms with Gasteiger partial charge in [-0.1, -0.05) is 29.2 Å². The number of anilines is 2. The van der Waals surface area contributed by atoms with Crippen molar-refractivity contribution in [1.29, 1.82) is 0 Å². The van der Waals surface area contributed by atoms with Crippen LogP contribution in [-0.4, -0.2) is 30.2 Å². The van der Waals surface area contributed by atoms with Gasteiger partial charge in [0.2, 0.25) is 5.13 Å². The SMILES string of the molecule is CN(C)c1ccc(C(=O)Nc2nnc(SCc3cccs3)s2)cc1F. The molecule has 5 nitrogen and oxygen atoms in total. The van der Waals surface area contributed by atoms with Gasteiger partial charge in [0.25, 0.3) is 5.91 Å². The van der Waals surface area contributed by atoms with Gasteiger partial charge in [0.15, 0.2) is 4.34 Å². The minimum absolute atomic E-state index is 0.242. The molecule has 0 fully saturated rings. The Morgan fingerprint density at radius 3 is 2.84 bits per heavy atom. The van der Waals surface area contributed by atoms with Crippen molar-refractivity contribution in [1.82, 2.24) is 10.2 Å². The molecule has 0 aliphatic carbocycles. The zero-order valence-corrected chi connectivity index (χ0v) is 16.0. The lowest BCUT2D eigenvalue weighted by Crippen LogP contribution is -2.14. The third-order valence-electron chi connectivity index (χ3n) is 3.24. The van der Waals surface area contributed by atoms with Crippen LogP contribution < -0.4 is 10.2 Å². The third-order valence-corrected chi connectivity index (χ3v) is 6.32. The number of rotatable bonds is 6. The van der Waals surface area contributed by atoms with Crippen LogP contribution in [0.5, 0.6) is 0 Å². The van der Waals surface area contributed by atoms with Crippen molar-refractivity contribution < 1.29 is 9.18 Å². The molecule has 0 saturated carbocycles. The van der Waals surface area contributed by atoms with Gasteiger partial charge in [-0.3, -0.25) is 10.1 Å². The number of carbonyl (C=O) groups excluding carboxylic acids is 1. The number of thiophene rings is 1. The monoisotopic (exact) mass is 394 g/mol. The molecule has 0 atom stereocenters. The quantitative estimate of drug-likeness (QED) is 0.498. The number of halogens is 1. The molecule has 1 amide bonds. The Balaban J connectivity index is 1.62. The first kappa shape index (κ1) is 17.8. The van der Waals surface area contributed by atoms with E-state index in [1.807, 2.05) is 11.4 Å². The summed E-state index contributed by atoms with van der Waals surface area (Å²) in [5.41, 5.74) is 0.672. The Morgan fingerprint density at radius 2 is 2.16 bits per heavy atom. The van der Waals surface area contributed by atoms with Gasteiger partial charge in [-0.25, -0.2) is 4.39 Å². The molecule has 3 rings (SSSR count). The second-order valence-electron chi connectivity index (χ2n) is 5.26. The summed E-state index contributed by atoms with van der Waals surface area (Å²) >= 11 is 4.56. The largest absolute Gasteiger partial charge is 0.375 e. The number of aromatic nitrogens is 2. The highest BCUT2D eigenvalue weighted by Crippen LogP contribution is 2.29. The van der Waals surface area contributed by atoms with Crippen LogP contribution in [0.3, 0.4) is 0 Å². The van der Waals surface area contributed by atoms with Crippen molar-refractivity contribution in [3.05, 3.63) is 52.0 Å². The molecule has 1 N–H and O–H groups in total. The van der Waals surface area contributed by atoms with Gasteiger partial charge in [-0.15, -0.1) is 21.5 Å². The van der Waals surface area contributed by atoms with E-state index in [1.54, 1.807) is 54.2 Å². The lowest BCUT2D eigenvalue weighted by Gasteiger charge is -2.13. The average molecular weight is 395 g/mol. The van der Waals surface area contributed by atoms with Gasteiger partial charge in [-0.2, -0.15) is 0 Å². The van der Waals surface area contributed by atoms with E-state index < -0.39 is 11.7 Å². The molecule has 0 aliphatic rings. The number of hydrogen-bond donors (Lipinski definition) is 1. The van der Waals surface area contributed by atoms with Crippen molar-refractivity contribution >= 4 is 51.2 Å². The van der Waals surface area contributed by atoms with E-state index in [0.29, 0.717) is 10.8 Å². The molecule has 25 heavy (non-hydrogen) atoms. The number of thioether (sulfide) groups is 1. The molecule has 130 valence electrons. The number of nitrogens with one attached hydrogen (secondary N) is 1. The number of benzene rings is 1. The molecular weight excluding hydrogens is 379 g/mol. The topological polar surface area (TPSA) is 58.1 Å². The second kappa shape index (κ2) is 7.94. The predicted molar refractivity (Wildman–Crippen MR) is 102 cm³/mol. The van der Waals surface area contributed by atoms with Crippen LogP contribution in [0.25, 0.3) is 0 Å². The Kier molecular flexibility index (Phi) is 5.67. The summed E-state index contributed by atoms with van der Waals surface area (Å²) in [7, 11) is 3.49. The first-order valence-electron chi connectivity index (χ1n) is 7.30. The molecule has 2 heterocycles. The van der Waals surface area contributed by atoms with Crippen LogP contribution in [0.4, 0.5) is 15.2 Å². The molecule has 0 spiro atoms. The number of hydrogen-bond acceptors (Lipinski definition) is 7. The van der Waals surface area contributed by atoms with E-state index in [2.05, 4.69) is 21.6 Å². The summed E-state index contributed by atoms with van der Waals surface area (Å²) in [4.78, 5) is 15.1. The van der Waals surface area contributed by atoms with Crippen molar-refractivity contribution in [3.63, 3.8) is 0 Å². The Hall–Kier alpha value is -1.97. The van der Waals surface area contributed by atoms with E-state index >= 15 is 0 Å². The molecule has 0 bridgehead atoms. The lowest BCUT2D eigenvalue weighted by atomic mass is 10.2. The fourth-order valence-corrected chi connectivity index (χ4v) is 4.55. The second-order valence-corrected chi connectivity index (χ2v) is 8.49. The lowest BCUT2D eigenvalue weighted by molar-refractivity contribution is 0.102. The Morgan fingerprint density at radius 1 is 1.32 bits per heavy atom. The maximum Gasteiger partial charge on any atom is 0.257 e. The molecule has 0 radical (unpaired) electrons. The molecule has 0 aliphatic heterocycles. The zero-order valence-electron chi connectivity index (χ0n) is 13.5. The van der Waals surface area contributed by atoms with Gasteiger partial charge >= 0.3 is 0 Å². The molecule has 1 aromatic carbocycles. The summed E-state index contributed by atoms with van der Waals surface area (Å²) in [6.07, 6.45) is 0. The molecule has 2 aromatic heterocycles. The van der Waals surface area contributed by atoms with Crippen LogP contribution >= 0.6 is 34.4 Å². The first-order valence-corrected chi connectivity index (χ1v) is 9.98. The van der Waals surface area contributed by atoms with E-state index in [9.17, 15) is 9.18 Å². The fraction of sp³-hybridized carbons (Fsp3) is 0.188. The Labute approximate surface area is 156 Å². The fourth-order valence-electron chi connectivity index (χ4n) is 2.03. The minimum atomic E-state index is -0.442. The van der Waals surface area contributed by atoms with E-state index in [1.165, 1.54) is 22.3 Å². The summed E-state index contributed by atoms with van der Waals surface area (Å²) < 4.78 is 14.8. The number of carbonyl (C=O) groups is 1. The maximum atomic E-state index is 14.0. The highest BCUT2D eigenvalue weighted by Gasteiger charge is 2.13. The highest BCUT2D eigenvalue weighted by atomic mass is 32.2. The van der Waals surface area contributed by atoms with Crippen LogP contribution in [0.1, 0.15) is 15.2 Å². The van der Waals surface area contributed by atoms with Gasteiger partial charge in [-0.05, 0) is 29.6 Å². The number of amides is 1. The van der Waals surface area contributed by atoms with Crippen LogP contribution in [0, 0.1) is 5.82 Å². The highest BCUT2D eigenvalue weighted by molar-refractivity contribution is 8.00. The molecule has 3 aromatic rings. The standard InChI is InChI=1S/C16H15FN4OS3/c1-21(2)13-6-5-10(8-12(13)17)14(22)18-15-19-20-16(25-15)24-9-11-4-3-7-23-11/h3-8H,9H2,1-2H3,(H,18,19,22). The Bertz CT molecular complexity index is 864. The van der Waals surface area contributed by atoms with E-state index in [4.69, 9.17) is 0 Å². The smallest absolute Gasteiger partial charge is 0.257 e. The number of nitrogens with zero attached hydrogens (tertiary/aromatic N) is 3. The summed E-state index contributed by atoms with van der Waals surface area (Å²) in [6.45, 7) is 0. The molecule has 0 saturated heterocycles. The minimum Gasteiger partial charge on any atom is -0.375 e. The summed E-state index contributed by atoms with van der Waals surface area (Å²) in [5, 5.41) is 13.1. The summed E-state index contributed by atoms with van der Waals surface area (Å²) in [6, 6.07) is 8.45. The first-order chi connectivity index (χ1) is 12.0. The third kappa shape index (κ3) is 4.56. The van der Waals surface area contributed by atoms with Gasteiger partial charge in [0, 0.05) is 30.3 Å². The predicted octanol–water partition coefficient (Wildman–Crippen LogP) is 4.35. The summed E-state index contributed by atoms with van der Waals surface area (Å²) in [5.74, 6) is -0.0328. The van der Waals surface area contributed by atoms with E-state index in [0.717, 1.165) is 10.1 Å². The maximum absolute atomic E-state index is 14.0. The molecular formula is C16H15FN4OS3. The van der Waals surface area contributed by atoms with Gasteiger partial charge in [0.05, 0.1) is 5.69 Å². The van der Waals surface area contributed by atoms with Crippen molar-refractivity contribution in [2.75, 3.05) is 24.3 Å². The van der Waals surface area contributed by atoms with Crippen molar-refractivity contribution in [2.24, 2.45) is 0 Å². The molecule has 0 unspecified atom stereocenters. The molecule has 9 heteroatoms. The van der Waals surface area contributed by atoms with Crippen LogP contribution in [-0.2, 0) is 5.75 Å². The van der Waals surface area contributed by atoms with Crippen molar-refractivity contribution in [3.8, 4) is 0 Å². The van der Waals surface area contributed by atoms with Gasteiger partial charge < -0.3 is 4.90 Å². The van der Waals surface area contributed by atoms with Crippen molar-refractivity contribution in [2.45, 2.75) is 10.1 Å².